The monoisotopic (exact) mass is 505 g/mol. The fraction of sp³-hybridized carbons (Fsp3) is 0.519. The van der Waals surface area contributed by atoms with Gasteiger partial charge in [0.05, 0.1) is 6.54 Å². The summed E-state index contributed by atoms with van der Waals surface area (Å²) in [7, 11) is 0. The normalized spacial score (nSPS) is 21.5. The number of nitrogens with zero attached hydrogens (tertiary/aromatic N) is 3. The summed E-state index contributed by atoms with van der Waals surface area (Å²) in [5, 5.41) is 0.726. The van der Waals surface area contributed by atoms with Gasteiger partial charge in [-0.1, -0.05) is 13.3 Å². The standard InChI is InChI=1S/C27H31F4N3O2/c1-4-17-13-33(14-17)8-9-35-18-11-21(28)23(22(29)12-18)24-25-20(19-6-5-7-32-26(19)36-25)10-16(2)34(24)15-27(3,30)31/h5-7,11-12,16-17,24H,4,8-10,13-15H2,1-3H3. The van der Waals surface area contributed by atoms with Crippen LogP contribution in [0.1, 0.15) is 50.1 Å². The van der Waals surface area contributed by atoms with Gasteiger partial charge in [-0.2, -0.15) is 0 Å². The van der Waals surface area contributed by atoms with Gasteiger partial charge in [0.1, 0.15) is 35.8 Å². The lowest BCUT2D eigenvalue weighted by Gasteiger charge is -2.41. The van der Waals surface area contributed by atoms with E-state index >= 15 is 8.78 Å². The molecule has 5 rings (SSSR count). The van der Waals surface area contributed by atoms with Crippen molar-refractivity contribution < 1.29 is 26.7 Å². The molecule has 0 N–H and O–H groups in total. The smallest absolute Gasteiger partial charge is 0.257 e. The summed E-state index contributed by atoms with van der Waals surface area (Å²) in [4.78, 5) is 7.88. The molecule has 0 saturated carbocycles. The highest BCUT2D eigenvalue weighted by atomic mass is 19.3. The van der Waals surface area contributed by atoms with E-state index in [-0.39, 0.29) is 17.1 Å². The summed E-state index contributed by atoms with van der Waals surface area (Å²) in [5.74, 6) is -3.76. The maximum Gasteiger partial charge on any atom is 0.257 e. The number of aromatic nitrogens is 1. The number of fused-ring (bicyclic) bond motifs is 3. The van der Waals surface area contributed by atoms with Crippen LogP contribution in [0.3, 0.4) is 0 Å². The van der Waals surface area contributed by atoms with Gasteiger partial charge in [0.25, 0.3) is 5.92 Å². The minimum Gasteiger partial charge on any atom is -0.492 e. The van der Waals surface area contributed by atoms with E-state index in [4.69, 9.17) is 9.15 Å². The Morgan fingerprint density at radius 2 is 1.92 bits per heavy atom. The highest BCUT2D eigenvalue weighted by Crippen LogP contribution is 2.45. The number of rotatable bonds is 8. The minimum absolute atomic E-state index is 0.0732. The Hall–Kier alpha value is -2.65. The molecular formula is C27H31F4N3O2. The van der Waals surface area contributed by atoms with Crippen LogP contribution < -0.4 is 4.74 Å². The molecule has 0 radical (unpaired) electrons. The van der Waals surface area contributed by atoms with Gasteiger partial charge in [0.2, 0.25) is 5.71 Å². The largest absolute Gasteiger partial charge is 0.492 e. The molecule has 4 heterocycles. The second-order valence-corrected chi connectivity index (χ2v) is 10.2. The van der Waals surface area contributed by atoms with Crippen LogP contribution in [-0.2, 0) is 6.42 Å². The second-order valence-electron chi connectivity index (χ2n) is 10.2. The molecule has 3 aromatic rings. The molecular weight excluding hydrogens is 474 g/mol. The van der Waals surface area contributed by atoms with Crippen molar-refractivity contribution in [1.82, 2.24) is 14.8 Å². The molecule has 5 nitrogen and oxygen atoms in total. The van der Waals surface area contributed by atoms with Gasteiger partial charge in [-0.25, -0.2) is 22.5 Å². The molecule has 0 bridgehead atoms. The van der Waals surface area contributed by atoms with Crippen LogP contribution in [0.5, 0.6) is 5.75 Å². The van der Waals surface area contributed by atoms with E-state index in [1.165, 1.54) is 4.90 Å². The summed E-state index contributed by atoms with van der Waals surface area (Å²) in [6.45, 7) is 7.07. The Kier molecular flexibility index (Phi) is 6.72. The molecule has 0 spiro atoms. The first-order valence-electron chi connectivity index (χ1n) is 12.5. The highest BCUT2D eigenvalue weighted by molar-refractivity contribution is 5.79. The van der Waals surface area contributed by atoms with E-state index in [9.17, 15) is 8.78 Å². The van der Waals surface area contributed by atoms with Crippen LogP contribution in [0.2, 0.25) is 0 Å². The number of ether oxygens (including phenoxy) is 1. The van der Waals surface area contributed by atoms with Crippen LogP contribution in [0.25, 0.3) is 11.1 Å². The SMILES string of the molecule is CCC1CN(CCOc2cc(F)c(C3c4oc5ncccc5c4CC(C)N3CC(C)(F)F)c(F)c2)C1. The van der Waals surface area contributed by atoms with Crippen molar-refractivity contribution in [1.29, 1.82) is 0 Å². The quantitative estimate of drug-likeness (QED) is 0.361. The van der Waals surface area contributed by atoms with Gasteiger partial charge in [0.15, 0.2) is 0 Å². The van der Waals surface area contributed by atoms with Crippen LogP contribution in [0.4, 0.5) is 17.6 Å². The predicted octanol–water partition coefficient (Wildman–Crippen LogP) is 5.82. The molecule has 2 aliphatic rings. The highest BCUT2D eigenvalue weighted by Gasteiger charge is 2.43. The maximum absolute atomic E-state index is 15.5. The average Bonchev–Trinajstić information content (AvgIpc) is 3.14. The first-order chi connectivity index (χ1) is 17.1. The number of pyridine rings is 1. The lowest BCUT2D eigenvalue weighted by atomic mass is 9.88. The summed E-state index contributed by atoms with van der Waals surface area (Å²) in [5.41, 5.74) is 0.735. The summed E-state index contributed by atoms with van der Waals surface area (Å²) in [6, 6.07) is 4.26. The number of hydrogen-bond acceptors (Lipinski definition) is 5. The van der Waals surface area contributed by atoms with E-state index in [1.54, 1.807) is 19.2 Å². The molecule has 1 saturated heterocycles. The fourth-order valence-electron chi connectivity index (χ4n) is 5.43. The van der Waals surface area contributed by atoms with E-state index in [0.717, 1.165) is 49.5 Å². The number of likely N-dealkylation sites (tertiary alicyclic amines) is 1. The van der Waals surface area contributed by atoms with Gasteiger partial charge >= 0.3 is 0 Å². The van der Waals surface area contributed by atoms with E-state index < -0.39 is 36.2 Å². The number of benzene rings is 1. The first kappa shape index (κ1) is 25.0. The Labute approximate surface area is 208 Å². The van der Waals surface area contributed by atoms with E-state index in [0.29, 0.717) is 31.2 Å². The lowest BCUT2D eigenvalue weighted by molar-refractivity contribution is -0.0396. The Morgan fingerprint density at radius 1 is 1.19 bits per heavy atom. The van der Waals surface area contributed by atoms with Gasteiger partial charge in [-0.3, -0.25) is 9.80 Å². The first-order valence-corrected chi connectivity index (χ1v) is 12.5. The summed E-state index contributed by atoms with van der Waals surface area (Å²) in [6.07, 6.45) is 3.10. The van der Waals surface area contributed by atoms with Gasteiger partial charge in [-0.15, -0.1) is 0 Å². The molecule has 1 fully saturated rings. The molecule has 2 unspecified atom stereocenters. The van der Waals surface area contributed by atoms with Crippen molar-refractivity contribution in [2.45, 2.75) is 51.6 Å². The average molecular weight is 506 g/mol. The zero-order valence-corrected chi connectivity index (χ0v) is 20.7. The van der Waals surface area contributed by atoms with Crippen molar-refractivity contribution in [3.8, 4) is 5.75 Å². The minimum atomic E-state index is -3.07. The molecule has 0 amide bonds. The predicted molar refractivity (Wildman–Crippen MR) is 128 cm³/mol. The number of furan rings is 1. The third-order valence-electron chi connectivity index (χ3n) is 7.32. The van der Waals surface area contributed by atoms with E-state index in [1.807, 2.05) is 6.07 Å². The van der Waals surface area contributed by atoms with Crippen molar-refractivity contribution in [3.63, 3.8) is 0 Å². The molecule has 1 aromatic carbocycles. The van der Waals surface area contributed by atoms with Gasteiger partial charge in [-0.05, 0) is 31.4 Å². The van der Waals surface area contributed by atoms with E-state index in [2.05, 4.69) is 16.8 Å². The fourth-order valence-corrected chi connectivity index (χ4v) is 5.43. The maximum atomic E-state index is 15.5. The van der Waals surface area contributed by atoms with Crippen molar-refractivity contribution >= 4 is 11.1 Å². The molecule has 9 heteroatoms. The zero-order valence-electron chi connectivity index (χ0n) is 20.7. The van der Waals surface area contributed by atoms with Crippen molar-refractivity contribution in [3.05, 3.63) is 59.0 Å². The molecule has 194 valence electrons. The van der Waals surface area contributed by atoms with Crippen LogP contribution in [-0.4, -0.2) is 59.5 Å². The van der Waals surface area contributed by atoms with Crippen LogP contribution in [0, 0.1) is 17.6 Å². The second kappa shape index (κ2) is 9.67. The zero-order chi connectivity index (χ0) is 25.6. The lowest BCUT2D eigenvalue weighted by Crippen LogP contribution is -2.47. The van der Waals surface area contributed by atoms with Crippen molar-refractivity contribution in [2.24, 2.45) is 5.92 Å². The molecule has 36 heavy (non-hydrogen) atoms. The van der Waals surface area contributed by atoms with Crippen LogP contribution >= 0.6 is 0 Å². The van der Waals surface area contributed by atoms with Gasteiger partial charge in [0, 0.05) is 67.4 Å². The molecule has 0 aliphatic carbocycles. The summed E-state index contributed by atoms with van der Waals surface area (Å²) >= 11 is 0. The Balaban J connectivity index is 1.47. The Morgan fingerprint density at radius 3 is 2.58 bits per heavy atom. The molecule has 2 aromatic heterocycles. The Bertz CT molecular complexity index is 1210. The molecule has 2 aliphatic heterocycles. The van der Waals surface area contributed by atoms with Crippen LogP contribution in [0.15, 0.2) is 34.9 Å². The number of hydrogen-bond donors (Lipinski definition) is 0. The number of halogens is 4. The number of alkyl halides is 2. The third kappa shape index (κ3) is 4.83. The van der Waals surface area contributed by atoms with Crippen molar-refractivity contribution in [2.75, 3.05) is 32.8 Å². The summed E-state index contributed by atoms with van der Waals surface area (Å²) < 4.78 is 71.1. The third-order valence-corrected chi connectivity index (χ3v) is 7.32. The topological polar surface area (TPSA) is 41.7 Å². The van der Waals surface area contributed by atoms with Gasteiger partial charge < -0.3 is 9.15 Å². The molecule has 2 atom stereocenters.